The van der Waals surface area contributed by atoms with Gasteiger partial charge in [-0.2, -0.15) is 0 Å². The summed E-state index contributed by atoms with van der Waals surface area (Å²) in [5.74, 6) is -1.24. The lowest BCUT2D eigenvalue weighted by atomic mass is 9.73. The SMILES string of the molecule is Cc1ccc(-c2cncnc2)cc1C1C(=O)C(C)(C)OC(C)(C)C1=O. The molecule has 25 heavy (non-hydrogen) atoms. The molecule has 2 heterocycles. The van der Waals surface area contributed by atoms with Crippen LogP contribution in [-0.2, 0) is 14.3 Å². The molecule has 1 fully saturated rings. The number of hydrogen-bond acceptors (Lipinski definition) is 5. The maximum atomic E-state index is 13.0. The van der Waals surface area contributed by atoms with Gasteiger partial charge in [0.1, 0.15) is 23.4 Å². The van der Waals surface area contributed by atoms with E-state index in [0.29, 0.717) is 0 Å². The van der Waals surface area contributed by atoms with Gasteiger partial charge in [0.05, 0.1) is 0 Å². The average Bonchev–Trinajstić information content (AvgIpc) is 2.55. The Hall–Kier alpha value is -2.40. The van der Waals surface area contributed by atoms with Gasteiger partial charge in [-0.15, -0.1) is 0 Å². The first kappa shape index (κ1) is 17.4. The van der Waals surface area contributed by atoms with Gasteiger partial charge >= 0.3 is 0 Å². The molecule has 1 aromatic heterocycles. The van der Waals surface area contributed by atoms with Gasteiger partial charge in [-0.05, 0) is 57.4 Å². The van der Waals surface area contributed by atoms with Gasteiger partial charge in [0, 0.05) is 18.0 Å². The van der Waals surface area contributed by atoms with Crippen LogP contribution in [0.25, 0.3) is 11.1 Å². The molecular weight excluding hydrogens is 316 g/mol. The van der Waals surface area contributed by atoms with Crippen molar-refractivity contribution in [3.05, 3.63) is 48.0 Å². The van der Waals surface area contributed by atoms with Crippen LogP contribution in [-0.4, -0.2) is 32.7 Å². The minimum absolute atomic E-state index is 0.207. The Labute approximate surface area is 147 Å². The lowest BCUT2D eigenvalue weighted by molar-refractivity contribution is -0.184. The van der Waals surface area contributed by atoms with Gasteiger partial charge < -0.3 is 4.74 Å². The number of ether oxygens (including phenoxy) is 1. The van der Waals surface area contributed by atoms with E-state index in [0.717, 1.165) is 22.3 Å². The lowest BCUT2D eigenvalue weighted by Gasteiger charge is -2.43. The smallest absolute Gasteiger partial charge is 0.179 e. The summed E-state index contributed by atoms with van der Waals surface area (Å²) in [6.07, 6.45) is 4.89. The zero-order valence-electron chi connectivity index (χ0n) is 15.2. The number of carbonyl (C=O) groups is 2. The normalized spacial score (nSPS) is 19.9. The van der Waals surface area contributed by atoms with E-state index >= 15 is 0 Å². The average molecular weight is 338 g/mol. The number of carbonyl (C=O) groups excluding carboxylic acids is 2. The number of aryl methyl sites for hydroxylation is 1. The van der Waals surface area contributed by atoms with E-state index in [1.807, 2.05) is 25.1 Å². The number of hydrogen-bond donors (Lipinski definition) is 0. The van der Waals surface area contributed by atoms with Crippen molar-refractivity contribution in [1.82, 2.24) is 9.97 Å². The van der Waals surface area contributed by atoms with Crippen molar-refractivity contribution >= 4 is 11.6 Å². The summed E-state index contributed by atoms with van der Waals surface area (Å²) in [6, 6.07) is 5.77. The third-order valence-corrected chi connectivity index (χ3v) is 4.71. The maximum Gasteiger partial charge on any atom is 0.179 e. The first-order chi connectivity index (χ1) is 11.6. The number of benzene rings is 1. The van der Waals surface area contributed by atoms with Gasteiger partial charge in [-0.1, -0.05) is 12.1 Å². The third-order valence-electron chi connectivity index (χ3n) is 4.71. The number of rotatable bonds is 2. The van der Waals surface area contributed by atoms with Crippen LogP contribution in [0.5, 0.6) is 0 Å². The predicted octanol–water partition coefficient (Wildman–Crippen LogP) is 3.26. The highest BCUT2D eigenvalue weighted by Crippen LogP contribution is 2.40. The largest absolute Gasteiger partial charge is 0.354 e. The van der Waals surface area contributed by atoms with E-state index in [9.17, 15) is 9.59 Å². The maximum absolute atomic E-state index is 13.0. The van der Waals surface area contributed by atoms with Crippen molar-refractivity contribution in [2.75, 3.05) is 0 Å². The van der Waals surface area contributed by atoms with Gasteiger partial charge in [-0.3, -0.25) is 9.59 Å². The molecule has 1 saturated heterocycles. The molecule has 3 rings (SSSR count). The van der Waals surface area contributed by atoms with Crippen LogP contribution in [0.3, 0.4) is 0 Å². The van der Waals surface area contributed by atoms with Crippen LogP contribution in [0.1, 0.15) is 44.7 Å². The minimum atomic E-state index is -1.01. The summed E-state index contributed by atoms with van der Waals surface area (Å²) >= 11 is 0. The van der Waals surface area contributed by atoms with E-state index < -0.39 is 17.1 Å². The van der Waals surface area contributed by atoms with Crippen molar-refractivity contribution < 1.29 is 14.3 Å². The quantitative estimate of drug-likeness (QED) is 0.786. The van der Waals surface area contributed by atoms with Crippen molar-refractivity contribution in [1.29, 1.82) is 0 Å². The fourth-order valence-electron chi connectivity index (χ4n) is 3.41. The van der Waals surface area contributed by atoms with Crippen LogP contribution in [0.4, 0.5) is 0 Å². The van der Waals surface area contributed by atoms with E-state index in [1.54, 1.807) is 40.1 Å². The predicted molar refractivity (Wildman–Crippen MR) is 94.2 cm³/mol. The molecule has 0 atom stereocenters. The van der Waals surface area contributed by atoms with E-state index in [2.05, 4.69) is 9.97 Å². The molecule has 130 valence electrons. The Morgan fingerprint density at radius 1 is 0.920 bits per heavy atom. The molecule has 0 N–H and O–H groups in total. The van der Waals surface area contributed by atoms with Crippen molar-refractivity contribution in [3.63, 3.8) is 0 Å². The van der Waals surface area contributed by atoms with Crippen LogP contribution < -0.4 is 0 Å². The van der Waals surface area contributed by atoms with E-state index in [1.165, 1.54) is 6.33 Å². The molecule has 0 spiro atoms. The second-order valence-corrected chi connectivity index (χ2v) is 7.48. The molecule has 5 nitrogen and oxygen atoms in total. The van der Waals surface area contributed by atoms with Crippen molar-refractivity contribution in [3.8, 4) is 11.1 Å². The van der Waals surface area contributed by atoms with Crippen molar-refractivity contribution in [2.24, 2.45) is 0 Å². The monoisotopic (exact) mass is 338 g/mol. The highest BCUT2D eigenvalue weighted by atomic mass is 16.5. The zero-order chi connectivity index (χ0) is 18.4. The molecule has 0 aliphatic carbocycles. The first-order valence-electron chi connectivity index (χ1n) is 8.28. The number of ketones is 2. The first-order valence-corrected chi connectivity index (χ1v) is 8.28. The molecule has 1 aliphatic rings. The van der Waals surface area contributed by atoms with Crippen molar-refractivity contribution in [2.45, 2.75) is 51.7 Å². The second-order valence-electron chi connectivity index (χ2n) is 7.48. The molecule has 0 amide bonds. The third kappa shape index (κ3) is 3.00. The summed E-state index contributed by atoms with van der Waals surface area (Å²) in [4.78, 5) is 34.0. The van der Waals surface area contributed by atoms with Crippen LogP contribution in [0.2, 0.25) is 0 Å². The van der Waals surface area contributed by atoms with E-state index in [-0.39, 0.29) is 11.6 Å². The molecule has 5 heteroatoms. The molecule has 0 unspecified atom stereocenters. The summed E-state index contributed by atoms with van der Waals surface area (Å²) in [5, 5.41) is 0. The molecule has 0 saturated carbocycles. The molecule has 2 aromatic rings. The Morgan fingerprint density at radius 2 is 1.48 bits per heavy atom. The summed E-state index contributed by atoms with van der Waals surface area (Å²) in [7, 11) is 0. The topological polar surface area (TPSA) is 69.2 Å². The molecule has 0 radical (unpaired) electrons. The Bertz CT molecular complexity index is 815. The van der Waals surface area contributed by atoms with Gasteiger partial charge in [0.15, 0.2) is 11.6 Å². The molecule has 1 aliphatic heterocycles. The minimum Gasteiger partial charge on any atom is -0.354 e. The second kappa shape index (κ2) is 5.85. The fourth-order valence-corrected chi connectivity index (χ4v) is 3.41. The molecule has 1 aromatic carbocycles. The number of nitrogens with zero attached hydrogens (tertiary/aromatic N) is 2. The summed E-state index contributed by atoms with van der Waals surface area (Å²) in [5.41, 5.74) is 1.32. The highest BCUT2D eigenvalue weighted by Gasteiger charge is 2.53. The molecule has 0 bridgehead atoms. The fraction of sp³-hybridized carbons (Fsp3) is 0.400. The Morgan fingerprint density at radius 3 is 2.04 bits per heavy atom. The summed E-state index contributed by atoms with van der Waals surface area (Å²) < 4.78 is 5.77. The molecular formula is C20H22N2O3. The standard InChI is InChI=1S/C20H22N2O3/c1-12-6-7-13(14-9-21-11-22-10-14)8-15(12)16-17(23)19(2,3)25-20(4,5)18(16)24/h6-11,16H,1-5H3. The lowest BCUT2D eigenvalue weighted by Crippen LogP contribution is -2.58. The highest BCUT2D eigenvalue weighted by molar-refractivity contribution is 6.15. The van der Waals surface area contributed by atoms with Gasteiger partial charge in [-0.25, -0.2) is 9.97 Å². The van der Waals surface area contributed by atoms with Crippen LogP contribution >= 0.6 is 0 Å². The van der Waals surface area contributed by atoms with Crippen LogP contribution in [0.15, 0.2) is 36.9 Å². The van der Waals surface area contributed by atoms with Gasteiger partial charge in [0.2, 0.25) is 0 Å². The summed E-state index contributed by atoms with van der Waals surface area (Å²) in [6.45, 7) is 8.81. The zero-order valence-corrected chi connectivity index (χ0v) is 15.2. The number of aromatic nitrogens is 2. The number of Topliss-reactive ketones (excluding diaryl/α,β-unsaturated/α-hetero) is 2. The van der Waals surface area contributed by atoms with Gasteiger partial charge in [0.25, 0.3) is 0 Å². The Balaban J connectivity index is 2.14. The Kier molecular flexibility index (Phi) is 4.07. The van der Waals surface area contributed by atoms with E-state index in [4.69, 9.17) is 4.74 Å². The van der Waals surface area contributed by atoms with Crippen LogP contribution in [0, 0.1) is 6.92 Å².